The number of ether oxygens (including phenoxy) is 1. The fourth-order valence-electron chi connectivity index (χ4n) is 1.99. The fraction of sp³-hybridized carbons (Fsp3) is 0.167. The molecule has 2 rings (SSSR count). The van der Waals surface area contributed by atoms with Gasteiger partial charge in [-0.25, -0.2) is 0 Å². The molecule has 6 heteroatoms. The minimum Gasteiger partial charge on any atom is -0.491 e. The molecule has 0 fully saturated rings. The Kier molecular flexibility index (Phi) is 5.68. The monoisotopic (exact) mass is 326 g/mol. The van der Waals surface area contributed by atoms with Crippen LogP contribution in [0, 0.1) is 10.1 Å². The predicted molar refractivity (Wildman–Crippen MR) is 93.0 cm³/mol. The molecule has 1 amide bonds. The number of benzene rings is 2. The first-order valence-corrected chi connectivity index (χ1v) is 7.44. The van der Waals surface area contributed by atoms with E-state index in [1.54, 1.807) is 36.4 Å². The van der Waals surface area contributed by atoms with Crippen LogP contribution in [0.4, 0.5) is 11.4 Å². The summed E-state index contributed by atoms with van der Waals surface area (Å²) in [6.45, 7) is 3.88. The van der Waals surface area contributed by atoms with Crippen LogP contribution in [0.15, 0.2) is 54.6 Å². The molecule has 0 saturated heterocycles. The minimum atomic E-state index is -0.474. The van der Waals surface area contributed by atoms with Gasteiger partial charge in [0.25, 0.3) is 5.69 Å². The maximum atomic E-state index is 11.9. The van der Waals surface area contributed by atoms with Gasteiger partial charge in [-0.15, -0.1) is 0 Å². The van der Waals surface area contributed by atoms with Gasteiger partial charge in [0.05, 0.1) is 11.0 Å². The van der Waals surface area contributed by atoms with Gasteiger partial charge in [-0.3, -0.25) is 14.9 Å². The summed E-state index contributed by atoms with van der Waals surface area (Å²) < 4.78 is 5.53. The molecule has 124 valence electrons. The molecule has 2 aromatic rings. The van der Waals surface area contributed by atoms with Crippen LogP contribution in [0.1, 0.15) is 19.4 Å². The smallest absolute Gasteiger partial charge is 0.270 e. The van der Waals surface area contributed by atoms with E-state index < -0.39 is 4.92 Å². The lowest BCUT2D eigenvalue weighted by Crippen LogP contribution is -2.08. The van der Waals surface area contributed by atoms with E-state index in [0.717, 1.165) is 5.75 Å². The molecule has 24 heavy (non-hydrogen) atoms. The molecule has 0 saturated carbocycles. The Balaban J connectivity index is 1.97. The summed E-state index contributed by atoms with van der Waals surface area (Å²) in [4.78, 5) is 22.1. The number of rotatable bonds is 6. The Morgan fingerprint density at radius 3 is 2.54 bits per heavy atom. The van der Waals surface area contributed by atoms with E-state index in [4.69, 9.17) is 4.74 Å². The molecule has 2 aromatic carbocycles. The second kappa shape index (κ2) is 7.92. The van der Waals surface area contributed by atoms with Crippen LogP contribution in [0.2, 0.25) is 0 Å². The first kappa shape index (κ1) is 17.2. The molecule has 0 heterocycles. The van der Waals surface area contributed by atoms with Crippen LogP contribution in [0.25, 0.3) is 6.08 Å². The highest BCUT2D eigenvalue weighted by molar-refractivity contribution is 6.01. The molecule has 0 radical (unpaired) electrons. The lowest BCUT2D eigenvalue weighted by molar-refractivity contribution is -0.384. The Bertz CT molecular complexity index is 752. The molecule has 0 aliphatic carbocycles. The third-order valence-electron chi connectivity index (χ3n) is 3.00. The van der Waals surface area contributed by atoms with Crippen molar-refractivity contribution >= 4 is 23.4 Å². The summed E-state index contributed by atoms with van der Waals surface area (Å²) in [6, 6.07) is 13.1. The molecule has 6 nitrogen and oxygen atoms in total. The SMILES string of the molecule is CC(C)Oc1ccc(NC(=O)C=Cc2cccc([N+](=O)[O-])c2)cc1. The van der Waals surface area contributed by atoms with Gasteiger partial charge in [0.2, 0.25) is 5.91 Å². The van der Waals surface area contributed by atoms with Crippen molar-refractivity contribution in [3.8, 4) is 5.75 Å². The molecular formula is C18H18N2O4. The van der Waals surface area contributed by atoms with E-state index in [1.165, 1.54) is 24.3 Å². The van der Waals surface area contributed by atoms with Gasteiger partial charge in [-0.1, -0.05) is 12.1 Å². The first-order chi connectivity index (χ1) is 11.4. The summed E-state index contributed by atoms with van der Waals surface area (Å²) in [7, 11) is 0. The second-order valence-corrected chi connectivity index (χ2v) is 5.37. The molecule has 0 spiro atoms. The largest absolute Gasteiger partial charge is 0.491 e. The number of hydrogen-bond donors (Lipinski definition) is 1. The van der Waals surface area contributed by atoms with Crippen molar-refractivity contribution < 1.29 is 14.5 Å². The van der Waals surface area contributed by atoms with Gasteiger partial charge in [-0.05, 0) is 49.8 Å². The Labute approximate surface area is 139 Å². The number of nitrogens with zero attached hydrogens (tertiary/aromatic N) is 1. The second-order valence-electron chi connectivity index (χ2n) is 5.37. The molecule has 0 bridgehead atoms. The lowest BCUT2D eigenvalue weighted by atomic mass is 10.2. The zero-order valence-corrected chi connectivity index (χ0v) is 13.4. The van der Waals surface area contributed by atoms with Crippen molar-refractivity contribution in [2.75, 3.05) is 5.32 Å². The van der Waals surface area contributed by atoms with E-state index >= 15 is 0 Å². The number of nitro groups is 1. The van der Waals surface area contributed by atoms with E-state index in [0.29, 0.717) is 11.3 Å². The maximum Gasteiger partial charge on any atom is 0.270 e. The number of amides is 1. The standard InChI is InChI=1S/C18H18N2O4/c1-13(2)24-17-9-7-15(8-10-17)19-18(21)11-6-14-4-3-5-16(12-14)20(22)23/h3-13H,1-2H3,(H,19,21). The van der Waals surface area contributed by atoms with Gasteiger partial charge in [0.1, 0.15) is 5.75 Å². The third kappa shape index (κ3) is 5.24. The van der Waals surface area contributed by atoms with Gasteiger partial charge in [0.15, 0.2) is 0 Å². The Morgan fingerprint density at radius 1 is 1.21 bits per heavy atom. The van der Waals surface area contributed by atoms with Crippen LogP contribution in [0.5, 0.6) is 5.75 Å². The normalized spacial score (nSPS) is 10.8. The molecule has 0 unspecified atom stereocenters. The quantitative estimate of drug-likeness (QED) is 0.493. The maximum absolute atomic E-state index is 11.9. The molecule has 0 aliphatic heterocycles. The van der Waals surface area contributed by atoms with E-state index in [9.17, 15) is 14.9 Å². The highest BCUT2D eigenvalue weighted by Gasteiger charge is 2.04. The van der Waals surface area contributed by atoms with E-state index in [2.05, 4.69) is 5.32 Å². The highest BCUT2D eigenvalue weighted by Crippen LogP contribution is 2.17. The predicted octanol–water partition coefficient (Wildman–Crippen LogP) is 4.03. The number of hydrogen-bond acceptors (Lipinski definition) is 4. The number of nitro benzene ring substituents is 1. The van der Waals surface area contributed by atoms with Crippen molar-refractivity contribution in [3.63, 3.8) is 0 Å². The summed E-state index contributed by atoms with van der Waals surface area (Å²) in [5, 5.41) is 13.4. The van der Waals surface area contributed by atoms with Crippen molar-refractivity contribution in [3.05, 3.63) is 70.3 Å². The van der Waals surface area contributed by atoms with Gasteiger partial charge in [-0.2, -0.15) is 0 Å². The molecule has 0 aliphatic rings. The lowest BCUT2D eigenvalue weighted by Gasteiger charge is -2.10. The summed E-state index contributed by atoms with van der Waals surface area (Å²) in [5.74, 6) is 0.411. The zero-order valence-electron chi connectivity index (χ0n) is 13.4. The van der Waals surface area contributed by atoms with Gasteiger partial charge < -0.3 is 10.1 Å². The van der Waals surface area contributed by atoms with Crippen molar-refractivity contribution in [2.45, 2.75) is 20.0 Å². The van der Waals surface area contributed by atoms with Crippen LogP contribution in [-0.4, -0.2) is 16.9 Å². The number of nitrogens with one attached hydrogen (secondary N) is 1. The van der Waals surface area contributed by atoms with E-state index in [1.807, 2.05) is 13.8 Å². The summed E-state index contributed by atoms with van der Waals surface area (Å²) in [6.07, 6.45) is 2.94. The molecule has 0 atom stereocenters. The molecule has 1 N–H and O–H groups in total. The van der Waals surface area contributed by atoms with Crippen LogP contribution < -0.4 is 10.1 Å². The third-order valence-corrected chi connectivity index (χ3v) is 3.00. The van der Waals surface area contributed by atoms with Gasteiger partial charge >= 0.3 is 0 Å². The summed E-state index contributed by atoms with van der Waals surface area (Å²) in [5.41, 5.74) is 1.21. The Hall–Kier alpha value is -3.15. The van der Waals surface area contributed by atoms with Crippen LogP contribution in [-0.2, 0) is 4.79 Å². The van der Waals surface area contributed by atoms with Crippen LogP contribution in [0.3, 0.4) is 0 Å². The fourth-order valence-corrected chi connectivity index (χ4v) is 1.99. The topological polar surface area (TPSA) is 81.5 Å². The average Bonchev–Trinajstić information content (AvgIpc) is 2.54. The van der Waals surface area contributed by atoms with Gasteiger partial charge in [0, 0.05) is 23.9 Å². The van der Waals surface area contributed by atoms with Crippen molar-refractivity contribution in [2.24, 2.45) is 0 Å². The number of non-ortho nitro benzene ring substituents is 1. The van der Waals surface area contributed by atoms with Crippen LogP contribution >= 0.6 is 0 Å². The molecular weight excluding hydrogens is 308 g/mol. The highest BCUT2D eigenvalue weighted by atomic mass is 16.6. The average molecular weight is 326 g/mol. The minimum absolute atomic E-state index is 0.0155. The zero-order chi connectivity index (χ0) is 17.5. The van der Waals surface area contributed by atoms with Crippen molar-refractivity contribution in [1.82, 2.24) is 0 Å². The van der Waals surface area contributed by atoms with E-state index in [-0.39, 0.29) is 17.7 Å². The molecule has 0 aromatic heterocycles. The first-order valence-electron chi connectivity index (χ1n) is 7.44. The summed E-state index contributed by atoms with van der Waals surface area (Å²) >= 11 is 0. The number of carbonyl (C=O) groups is 1. The number of carbonyl (C=O) groups excluding carboxylic acids is 1. The number of anilines is 1. The van der Waals surface area contributed by atoms with Crippen molar-refractivity contribution in [1.29, 1.82) is 0 Å². The Morgan fingerprint density at radius 2 is 1.92 bits per heavy atom.